The second-order valence-electron chi connectivity index (χ2n) is 20.3. The van der Waals surface area contributed by atoms with Crippen LogP contribution in [0.5, 0.6) is 0 Å². The Kier molecular flexibility index (Phi) is 56.3. The van der Waals surface area contributed by atoms with Gasteiger partial charge < -0.3 is 14.2 Å². The fourth-order valence-electron chi connectivity index (χ4n) is 8.74. The summed E-state index contributed by atoms with van der Waals surface area (Å²) >= 11 is 0. The summed E-state index contributed by atoms with van der Waals surface area (Å²) in [7, 11) is 0. The van der Waals surface area contributed by atoms with Gasteiger partial charge in [0.05, 0.1) is 0 Å². The Morgan fingerprint density at radius 2 is 0.600 bits per heavy atom. The smallest absolute Gasteiger partial charge is 0.306 e. The molecule has 0 aliphatic rings. The summed E-state index contributed by atoms with van der Waals surface area (Å²) in [4.78, 5) is 38.2. The Hall–Kier alpha value is -2.89. The highest BCUT2D eigenvalue weighted by atomic mass is 16.6. The summed E-state index contributed by atoms with van der Waals surface area (Å²) in [6.07, 6.45) is 73.6. The van der Waals surface area contributed by atoms with E-state index in [-0.39, 0.29) is 31.1 Å². The van der Waals surface area contributed by atoms with Crippen molar-refractivity contribution < 1.29 is 28.6 Å². The van der Waals surface area contributed by atoms with Gasteiger partial charge in [0.2, 0.25) is 0 Å². The third kappa shape index (κ3) is 56.0. The first-order chi connectivity index (χ1) is 34.5. The summed E-state index contributed by atoms with van der Waals surface area (Å²) in [5.41, 5.74) is 0. The predicted octanol–water partition coefficient (Wildman–Crippen LogP) is 20.4. The zero-order valence-electron chi connectivity index (χ0n) is 46.5. The van der Waals surface area contributed by atoms with Gasteiger partial charge in [0.25, 0.3) is 0 Å². The van der Waals surface area contributed by atoms with Crippen LogP contribution in [-0.4, -0.2) is 37.2 Å². The van der Waals surface area contributed by atoms with Gasteiger partial charge in [-0.1, -0.05) is 274 Å². The topological polar surface area (TPSA) is 78.9 Å². The van der Waals surface area contributed by atoms with E-state index in [9.17, 15) is 14.4 Å². The molecular formula is C64H114O6. The molecular weight excluding hydrogens is 865 g/mol. The van der Waals surface area contributed by atoms with E-state index in [2.05, 4.69) is 81.5 Å². The molecule has 0 radical (unpaired) electrons. The van der Waals surface area contributed by atoms with E-state index < -0.39 is 6.10 Å². The number of ether oxygens (including phenoxy) is 3. The third-order valence-electron chi connectivity index (χ3n) is 13.3. The van der Waals surface area contributed by atoms with Gasteiger partial charge in [-0.25, -0.2) is 0 Å². The van der Waals surface area contributed by atoms with Crippen molar-refractivity contribution in [1.29, 1.82) is 0 Å². The zero-order chi connectivity index (χ0) is 50.7. The Balaban J connectivity index is 4.39. The van der Waals surface area contributed by atoms with Gasteiger partial charge in [0.15, 0.2) is 6.10 Å². The van der Waals surface area contributed by atoms with Gasteiger partial charge in [0.1, 0.15) is 13.2 Å². The van der Waals surface area contributed by atoms with E-state index in [0.717, 1.165) is 89.9 Å². The molecule has 0 rings (SSSR count). The van der Waals surface area contributed by atoms with Crippen molar-refractivity contribution in [2.24, 2.45) is 0 Å². The lowest BCUT2D eigenvalue weighted by Gasteiger charge is -2.18. The minimum absolute atomic E-state index is 0.0828. The number of rotatable bonds is 55. The quantitative estimate of drug-likeness (QED) is 0.0199. The minimum Gasteiger partial charge on any atom is -0.462 e. The molecule has 70 heavy (non-hydrogen) atoms. The molecule has 0 aromatic carbocycles. The van der Waals surface area contributed by atoms with Crippen LogP contribution in [0.4, 0.5) is 0 Å². The molecule has 0 amide bonds. The van der Waals surface area contributed by atoms with Crippen LogP contribution in [0, 0.1) is 0 Å². The van der Waals surface area contributed by atoms with E-state index in [1.54, 1.807) is 0 Å². The molecule has 0 spiro atoms. The summed E-state index contributed by atoms with van der Waals surface area (Å²) in [5, 5.41) is 0. The standard InChI is InChI=1S/C64H114O6/c1-4-7-10-13-16-19-22-25-28-31-32-34-36-39-42-45-48-51-54-57-63(66)69-60-61(59-68-62(65)56-53-50-47-44-41-38-35-30-27-24-21-18-15-12-9-6-3)70-64(67)58-55-52-49-46-43-40-37-33-29-26-23-20-17-14-11-8-5-2/h7,10,16,19,25,28,30,35,38,41,61H,4-6,8-9,11-15,17-18,20-24,26-27,29,31-34,36-37,39-40,42-60H2,1-3H3/b10-7-,19-16-,28-25-,35-30-,41-38-. The normalized spacial score (nSPS) is 12.4. The van der Waals surface area contributed by atoms with Crippen LogP contribution in [0.1, 0.15) is 310 Å². The Morgan fingerprint density at radius 3 is 0.971 bits per heavy atom. The van der Waals surface area contributed by atoms with Gasteiger partial charge >= 0.3 is 17.9 Å². The number of hydrogen-bond donors (Lipinski definition) is 0. The van der Waals surface area contributed by atoms with E-state index in [1.807, 2.05) is 0 Å². The maximum atomic E-state index is 12.9. The lowest BCUT2D eigenvalue weighted by atomic mass is 10.0. The largest absolute Gasteiger partial charge is 0.462 e. The number of carbonyl (C=O) groups excluding carboxylic acids is 3. The van der Waals surface area contributed by atoms with Gasteiger partial charge in [-0.2, -0.15) is 0 Å². The van der Waals surface area contributed by atoms with Gasteiger partial charge in [0, 0.05) is 19.3 Å². The highest BCUT2D eigenvalue weighted by molar-refractivity contribution is 5.71. The number of carbonyl (C=O) groups is 3. The molecule has 1 atom stereocenters. The summed E-state index contributed by atoms with van der Waals surface area (Å²) in [5.74, 6) is -0.899. The molecule has 0 saturated heterocycles. The van der Waals surface area contributed by atoms with Crippen LogP contribution >= 0.6 is 0 Å². The van der Waals surface area contributed by atoms with Gasteiger partial charge in [-0.3, -0.25) is 14.4 Å². The van der Waals surface area contributed by atoms with Gasteiger partial charge in [-0.05, 0) is 77.0 Å². The highest BCUT2D eigenvalue weighted by Gasteiger charge is 2.19. The molecule has 0 N–H and O–H groups in total. The van der Waals surface area contributed by atoms with Crippen molar-refractivity contribution in [3.63, 3.8) is 0 Å². The van der Waals surface area contributed by atoms with E-state index >= 15 is 0 Å². The van der Waals surface area contributed by atoms with Crippen molar-refractivity contribution in [2.75, 3.05) is 13.2 Å². The second-order valence-corrected chi connectivity index (χ2v) is 20.3. The number of hydrogen-bond acceptors (Lipinski definition) is 6. The van der Waals surface area contributed by atoms with Crippen molar-refractivity contribution in [2.45, 2.75) is 316 Å². The minimum atomic E-state index is -0.786. The van der Waals surface area contributed by atoms with Crippen molar-refractivity contribution in [3.8, 4) is 0 Å². The first-order valence-corrected chi connectivity index (χ1v) is 30.3. The molecule has 0 aliphatic carbocycles. The average Bonchev–Trinajstić information content (AvgIpc) is 3.36. The van der Waals surface area contributed by atoms with Crippen LogP contribution < -0.4 is 0 Å². The molecule has 0 aromatic rings. The van der Waals surface area contributed by atoms with E-state index in [0.29, 0.717) is 19.3 Å². The molecule has 6 nitrogen and oxygen atoms in total. The summed E-state index contributed by atoms with van der Waals surface area (Å²) in [6.45, 7) is 6.54. The Morgan fingerprint density at radius 1 is 0.314 bits per heavy atom. The maximum Gasteiger partial charge on any atom is 0.306 e. The molecule has 406 valence electrons. The molecule has 1 unspecified atom stereocenters. The SMILES string of the molecule is CC/C=C\C/C=C\C/C=C\CCCCCCCCCCCC(=O)OCC(COC(=O)CCCCC/C=C\C=C/CCCCCCCCC)OC(=O)CCCCCCCCCCCCCCCCCCC. The maximum absolute atomic E-state index is 12.9. The van der Waals surface area contributed by atoms with Crippen LogP contribution in [0.15, 0.2) is 60.8 Å². The predicted molar refractivity (Wildman–Crippen MR) is 302 cm³/mol. The molecule has 0 aliphatic heterocycles. The van der Waals surface area contributed by atoms with Crippen molar-refractivity contribution in [3.05, 3.63) is 60.8 Å². The third-order valence-corrected chi connectivity index (χ3v) is 13.3. The van der Waals surface area contributed by atoms with E-state index in [4.69, 9.17) is 14.2 Å². The first-order valence-electron chi connectivity index (χ1n) is 30.3. The number of unbranched alkanes of at least 4 members (excludes halogenated alkanes) is 35. The molecule has 6 heteroatoms. The molecule has 0 fully saturated rings. The fourth-order valence-corrected chi connectivity index (χ4v) is 8.74. The first kappa shape index (κ1) is 67.1. The van der Waals surface area contributed by atoms with Crippen LogP contribution in [0.3, 0.4) is 0 Å². The lowest BCUT2D eigenvalue weighted by molar-refractivity contribution is -0.167. The second kappa shape index (κ2) is 58.7. The Bertz CT molecular complexity index is 1260. The van der Waals surface area contributed by atoms with Crippen molar-refractivity contribution in [1.82, 2.24) is 0 Å². The van der Waals surface area contributed by atoms with Crippen molar-refractivity contribution >= 4 is 17.9 Å². The molecule has 0 saturated carbocycles. The average molecular weight is 980 g/mol. The molecule has 0 heterocycles. The summed E-state index contributed by atoms with van der Waals surface area (Å²) < 4.78 is 16.9. The lowest BCUT2D eigenvalue weighted by Crippen LogP contribution is -2.30. The number of esters is 3. The Labute approximate surface area is 434 Å². The van der Waals surface area contributed by atoms with Gasteiger partial charge in [-0.15, -0.1) is 0 Å². The molecule has 0 bridgehead atoms. The van der Waals surface area contributed by atoms with E-state index in [1.165, 1.54) is 180 Å². The monoisotopic (exact) mass is 979 g/mol. The van der Waals surface area contributed by atoms with Crippen LogP contribution in [0.25, 0.3) is 0 Å². The number of allylic oxidation sites excluding steroid dienone is 10. The zero-order valence-corrected chi connectivity index (χ0v) is 46.5. The van der Waals surface area contributed by atoms with Crippen LogP contribution in [-0.2, 0) is 28.6 Å². The summed E-state index contributed by atoms with van der Waals surface area (Å²) in [6, 6.07) is 0. The fraction of sp³-hybridized carbons (Fsp3) is 0.797. The van der Waals surface area contributed by atoms with Crippen LogP contribution in [0.2, 0.25) is 0 Å². The molecule has 0 aromatic heterocycles. The highest BCUT2D eigenvalue weighted by Crippen LogP contribution is 2.17.